The summed E-state index contributed by atoms with van der Waals surface area (Å²) in [6.45, 7) is 0. The second kappa shape index (κ2) is 3.40. The third-order valence-electron chi connectivity index (χ3n) is 1.87. The zero-order chi connectivity index (χ0) is 10.2. The van der Waals surface area contributed by atoms with Gasteiger partial charge in [-0.3, -0.25) is 4.72 Å². The van der Waals surface area contributed by atoms with Crippen LogP contribution in [0.4, 0.5) is 5.82 Å². The van der Waals surface area contributed by atoms with Crippen LogP contribution in [0, 0.1) is 6.07 Å². The van der Waals surface area contributed by atoms with Crippen LogP contribution in [-0.2, 0) is 10.0 Å². The summed E-state index contributed by atoms with van der Waals surface area (Å²) in [5.74, 6) is 0.251. The van der Waals surface area contributed by atoms with Crippen molar-refractivity contribution in [2.75, 3.05) is 4.72 Å². The van der Waals surface area contributed by atoms with Crippen molar-refractivity contribution in [3.63, 3.8) is 0 Å². The summed E-state index contributed by atoms with van der Waals surface area (Å²) in [7, 11) is -3.24. The lowest BCUT2D eigenvalue weighted by atomic mass is 10.5. The number of aromatic nitrogens is 1. The van der Waals surface area contributed by atoms with Crippen molar-refractivity contribution < 1.29 is 8.42 Å². The Hall–Kier alpha value is -0.810. The number of nitrogens with zero attached hydrogens (tertiary/aromatic N) is 1. The highest BCUT2D eigenvalue weighted by atomic mass is 35.5. The van der Waals surface area contributed by atoms with Crippen LogP contribution in [0.15, 0.2) is 12.1 Å². The Morgan fingerprint density at radius 3 is 2.86 bits per heavy atom. The molecular formula is C8H8ClN2O2S. The summed E-state index contributed by atoms with van der Waals surface area (Å²) in [5.41, 5.74) is 0. The van der Waals surface area contributed by atoms with Gasteiger partial charge in [0.1, 0.15) is 11.0 Å². The minimum Gasteiger partial charge on any atom is -0.267 e. The summed E-state index contributed by atoms with van der Waals surface area (Å²) in [6.07, 6.45) is 1.45. The molecule has 4 nitrogen and oxygen atoms in total. The molecule has 75 valence electrons. The van der Waals surface area contributed by atoms with Crippen LogP contribution in [-0.4, -0.2) is 18.7 Å². The highest BCUT2D eigenvalue weighted by molar-refractivity contribution is 7.93. The van der Waals surface area contributed by atoms with Crippen LogP contribution in [0.1, 0.15) is 12.8 Å². The number of pyridine rings is 1. The molecule has 1 fully saturated rings. The van der Waals surface area contributed by atoms with Gasteiger partial charge in [0.2, 0.25) is 10.0 Å². The summed E-state index contributed by atoms with van der Waals surface area (Å²) < 4.78 is 25.3. The first-order valence-corrected chi connectivity index (χ1v) is 6.06. The fraction of sp³-hybridized carbons (Fsp3) is 0.375. The highest BCUT2D eigenvalue weighted by Crippen LogP contribution is 2.29. The maximum absolute atomic E-state index is 11.5. The van der Waals surface area contributed by atoms with Crippen LogP contribution in [0.3, 0.4) is 0 Å². The minimum atomic E-state index is -3.24. The van der Waals surface area contributed by atoms with Crippen LogP contribution in [0.5, 0.6) is 0 Å². The van der Waals surface area contributed by atoms with Crippen molar-refractivity contribution in [3.05, 3.63) is 23.4 Å². The molecule has 0 unspecified atom stereocenters. The van der Waals surface area contributed by atoms with E-state index in [4.69, 9.17) is 11.6 Å². The molecule has 1 heterocycles. The number of hydrogen-bond donors (Lipinski definition) is 1. The lowest BCUT2D eigenvalue weighted by Crippen LogP contribution is -2.18. The predicted molar refractivity (Wildman–Crippen MR) is 53.6 cm³/mol. The topological polar surface area (TPSA) is 59.1 Å². The standard InChI is InChI=1S/C8H8ClN2O2S/c9-7-2-1-3-8(10-7)11-14(12,13)6-4-5-6/h1,3,6H,4-5H2,(H,10,11). The quantitative estimate of drug-likeness (QED) is 0.801. The van der Waals surface area contributed by atoms with Crippen LogP contribution >= 0.6 is 11.6 Å². The van der Waals surface area contributed by atoms with Gasteiger partial charge in [-0.2, -0.15) is 0 Å². The van der Waals surface area contributed by atoms with Gasteiger partial charge in [0.05, 0.1) is 5.25 Å². The maximum atomic E-state index is 11.5. The van der Waals surface area contributed by atoms with E-state index in [9.17, 15) is 8.42 Å². The second-order valence-electron chi connectivity index (χ2n) is 3.11. The molecule has 1 aromatic rings. The van der Waals surface area contributed by atoms with Crippen molar-refractivity contribution in [2.24, 2.45) is 0 Å². The molecule has 1 aromatic heterocycles. The van der Waals surface area contributed by atoms with Gasteiger partial charge < -0.3 is 0 Å². The van der Waals surface area contributed by atoms with Crippen LogP contribution in [0.2, 0.25) is 5.15 Å². The van der Waals surface area contributed by atoms with Crippen LogP contribution in [0.25, 0.3) is 0 Å². The Kier molecular flexibility index (Phi) is 2.36. The fourth-order valence-corrected chi connectivity index (χ4v) is 2.51. The van der Waals surface area contributed by atoms with E-state index in [1.54, 1.807) is 0 Å². The van der Waals surface area contributed by atoms with Crippen molar-refractivity contribution in [3.8, 4) is 0 Å². The Bertz CT molecular complexity index is 442. The number of rotatable bonds is 3. The first kappa shape index (κ1) is 9.73. The SMILES string of the molecule is O=S(=O)(Nc1cc[c]c(Cl)n1)C1CC1. The molecule has 0 bridgehead atoms. The van der Waals surface area contributed by atoms with Gasteiger partial charge in [0.25, 0.3) is 0 Å². The molecule has 1 aliphatic carbocycles. The van der Waals surface area contributed by atoms with Crippen molar-refractivity contribution in [2.45, 2.75) is 18.1 Å². The monoisotopic (exact) mass is 231 g/mol. The molecule has 1 aliphatic rings. The molecule has 0 amide bonds. The number of sulfonamides is 1. The lowest BCUT2D eigenvalue weighted by molar-refractivity contribution is 0.600. The largest absolute Gasteiger partial charge is 0.267 e. The predicted octanol–water partition coefficient (Wildman–Crippen LogP) is 1.44. The van der Waals surface area contributed by atoms with E-state index in [-0.39, 0.29) is 16.2 Å². The second-order valence-corrected chi connectivity index (χ2v) is 5.43. The van der Waals surface area contributed by atoms with E-state index in [0.717, 1.165) is 12.8 Å². The first-order chi connectivity index (χ1) is 6.58. The number of anilines is 1. The van der Waals surface area contributed by atoms with E-state index in [1.165, 1.54) is 12.1 Å². The molecule has 0 saturated heterocycles. The normalized spacial score (nSPS) is 16.6. The zero-order valence-corrected chi connectivity index (χ0v) is 8.77. The van der Waals surface area contributed by atoms with E-state index in [0.29, 0.717) is 0 Å². The molecule has 0 spiro atoms. The summed E-state index contributed by atoms with van der Waals surface area (Å²) >= 11 is 5.57. The molecule has 0 aromatic carbocycles. The Balaban J connectivity index is 2.18. The Morgan fingerprint density at radius 1 is 1.57 bits per heavy atom. The first-order valence-electron chi connectivity index (χ1n) is 4.14. The zero-order valence-electron chi connectivity index (χ0n) is 7.20. The van der Waals surface area contributed by atoms with Gasteiger partial charge in [-0.15, -0.1) is 0 Å². The molecule has 1 radical (unpaired) electrons. The average molecular weight is 232 g/mol. The smallest absolute Gasteiger partial charge is 0.236 e. The van der Waals surface area contributed by atoms with Gasteiger partial charge in [0, 0.05) is 6.07 Å². The molecule has 6 heteroatoms. The van der Waals surface area contributed by atoms with Crippen molar-refractivity contribution in [1.82, 2.24) is 4.98 Å². The number of nitrogens with one attached hydrogen (secondary N) is 1. The van der Waals surface area contributed by atoms with Crippen molar-refractivity contribution in [1.29, 1.82) is 0 Å². The minimum absolute atomic E-state index is 0.154. The summed E-state index contributed by atoms with van der Waals surface area (Å²) in [5, 5.41) is -0.103. The van der Waals surface area contributed by atoms with Crippen molar-refractivity contribution >= 4 is 27.4 Å². The maximum Gasteiger partial charge on any atom is 0.236 e. The molecule has 1 N–H and O–H groups in total. The third-order valence-corrected chi connectivity index (χ3v) is 3.91. The Labute approximate surface area is 87.4 Å². The molecule has 14 heavy (non-hydrogen) atoms. The van der Waals surface area contributed by atoms with Gasteiger partial charge >= 0.3 is 0 Å². The van der Waals surface area contributed by atoms with Gasteiger partial charge in [-0.25, -0.2) is 13.4 Å². The van der Waals surface area contributed by atoms with Crippen LogP contribution < -0.4 is 4.72 Å². The molecule has 1 saturated carbocycles. The molecule has 0 atom stereocenters. The fourth-order valence-electron chi connectivity index (χ4n) is 1.03. The average Bonchev–Trinajstić information content (AvgIpc) is 2.84. The van der Waals surface area contributed by atoms with Gasteiger partial charge in [-0.05, 0) is 25.0 Å². The Morgan fingerprint density at radius 2 is 2.29 bits per heavy atom. The molecule has 2 rings (SSSR count). The van der Waals surface area contributed by atoms with E-state index in [1.807, 2.05) is 0 Å². The van der Waals surface area contributed by atoms with E-state index >= 15 is 0 Å². The summed E-state index contributed by atoms with van der Waals surface area (Å²) in [6, 6.07) is 5.67. The lowest BCUT2D eigenvalue weighted by Gasteiger charge is -2.05. The molecular weight excluding hydrogens is 224 g/mol. The highest BCUT2D eigenvalue weighted by Gasteiger charge is 2.35. The summed E-state index contributed by atoms with van der Waals surface area (Å²) in [4.78, 5) is 3.79. The van der Waals surface area contributed by atoms with Gasteiger partial charge in [0.15, 0.2) is 0 Å². The van der Waals surface area contributed by atoms with E-state index < -0.39 is 10.0 Å². The van der Waals surface area contributed by atoms with Gasteiger partial charge in [-0.1, -0.05) is 11.6 Å². The number of hydrogen-bond acceptors (Lipinski definition) is 3. The third kappa shape index (κ3) is 2.16. The number of halogens is 1. The van der Waals surface area contributed by atoms with E-state index in [2.05, 4.69) is 15.8 Å². The molecule has 0 aliphatic heterocycles.